The number of benzene rings is 2. The molecule has 0 atom stereocenters. The number of nitrogens with zero attached hydrogens (tertiary/aromatic N) is 2. The highest BCUT2D eigenvalue weighted by molar-refractivity contribution is 6.02. The van der Waals surface area contributed by atoms with Crippen LogP contribution < -0.4 is 28.7 Å². The normalized spacial score (nSPS) is 10.8. The van der Waals surface area contributed by atoms with Gasteiger partial charge in [0.05, 0.1) is 28.8 Å². The third kappa shape index (κ3) is 4.12. The highest BCUT2D eigenvalue weighted by atomic mass is 16.3. The molecule has 10 N–H and O–H groups in total. The molecule has 3 rings (SSSR count). The standard InChI is InChI=1S/C20H19N7O3/c21-9-26-10-1-3-12(14(7-10)18(22)28)16-5-6-17(30-16)13-4-2-11(27-20(24)25)8-15(13)19(23)29/h1-9H,(H2,21,26)(H2,22,28)(H2,23,29)(H4,24,25,27). The maximum absolute atomic E-state index is 11.9. The van der Waals surface area contributed by atoms with Gasteiger partial charge in [0.2, 0.25) is 11.8 Å². The fraction of sp³-hybridized carbons (Fsp3) is 0. The van der Waals surface area contributed by atoms with Crippen LogP contribution in [0.25, 0.3) is 22.6 Å². The largest absolute Gasteiger partial charge is 0.456 e. The molecule has 30 heavy (non-hydrogen) atoms. The fourth-order valence-corrected chi connectivity index (χ4v) is 2.91. The number of furan rings is 1. The van der Waals surface area contributed by atoms with Crippen molar-refractivity contribution in [1.29, 1.82) is 0 Å². The van der Waals surface area contributed by atoms with E-state index in [1.54, 1.807) is 36.4 Å². The van der Waals surface area contributed by atoms with Crippen LogP contribution in [0.5, 0.6) is 0 Å². The van der Waals surface area contributed by atoms with Crippen molar-refractivity contribution < 1.29 is 14.0 Å². The summed E-state index contributed by atoms with van der Waals surface area (Å²) in [5.41, 5.74) is 29.1. The van der Waals surface area contributed by atoms with E-state index in [1.165, 1.54) is 12.1 Å². The molecule has 0 radical (unpaired) electrons. The van der Waals surface area contributed by atoms with Crippen LogP contribution in [0.3, 0.4) is 0 Å². The van der Waals surface area contributed by atoms with Gasteiger partial charge in [0.1, 0.15) is 11.5 Å². The van der Waals surface area contributed by atoms with Crippen molar-refractivity contribution in [3.05, 3.63) is 59.7 Å². The predicted molar refractivity (Wildman–Crippen MR) is 114 cm³/mol. The molecule has 0 aliphatic rings. The first-order valence-electron chi connectivity index (χ1n) is 8.62. The van der Waals surface area contributed by atoms with E-state index in [0.29, 0.717) is 34.0 Å². The second kappa shape index (κ2) is 8.19. The Balaban J connectivity index is 2.08. The van der Waals surface area contributed by atoms with E-state index in [0.717, 1.165) is 6.34 Å². The number of aliphatic imine (C=N–C) groups is 2. The average molecular weight is 405 g/mol. The monoisotopic (exact) mass is 405 g/mol. The molecule has 0 fully saturated rings. The maximum Gasteiger partial charge on any atom is 0.249 e. The van der Waals surface area contributed by atoms with Gasteiger partial charge in [-0.3, -0.25) is 9.59 Å². The van der Waals surface area contributed by atoms with Crippen LogP contribution in [0.15, 0.2) is 62.9 Å². The van der Waals surface area contributed by atoms with Crippen LogP contribution in [0.4, 0.5) is 11.4 Å². The van der Waals surface area contributed by atoms with Crippen molar-refractivity contribution in [3.8, 4) is 22.6 Å². The highest BCUT2D eigenvalue weighted by Crippen LogP contribution is 2.34. The first-order chi connectivity index (χ1) is 14.3. The third-order valence-corrected chi connectivity index (χ3v) is 4.16. The molecule has 0 saturated carbocycles. The highest BCUT2D eigenvalue weighted by Gasteiger charge is 2.18. The Morgan fingerprint density at radius 3 is 1.73 bits per heavy atom. The van der Waals surface area contributed by atoms with Crippen LogP contribution in [-0.4, -0.2) is 24.1 Å². The number of hydrogen-bond donors (Lipinski definition) is 5. The van der Waals surface area contributed by atoms with Crippen LogP contribution in [-0.2, 0) is 0 Å². The maximum atomic E-state index is 11.9. The SMILES string of the molecule is NC=Nc1ccc(-c2ccc(-c3ccc(N=C(N)N)cc3C(N)=O)o2)c(C(N)=O)c1. The van der Waals surface area contributed by atoms with Crippen LogP contribution in [0.2, 0.25) is 0 Å². The molecule has 1 heterocycles. The molecule has 10 nitrogen and oxygen atoms in total. The van der Waals surface area contributed by atoms with Crippen LogP contribution in [0, 0.1) is 0 Å². The lowest BCUT2D eigenvalue weighted by Gasteiger charge is -2.07. The summed E-state index contributed by atoms with van der Waals surface area (Å²) in [6, 6.07) is 12.8. The van der Waals surface area contributed by atoms with E-state index < -0.39 is 11.8 Å². The van der Waals surface area contributed by atoms with Gasteiger partial charge in [-0.05, 0) is 48.5 Å². The van der Waals surface area contributed by atoms with E-state index in [-0.39, 0.29) is 17.1 Å². The van der Waals surface area contributed by atoms with Gasteiger partial charge < -0.3 is 33.1 Å². The first-order valence-corrected chi connectivity index (χ1v) is 8.62. The molecule has 10 heteroatoms. The molecule has 0 aliphatic carbocycles. The number of amides is 2. The Kier molecular flexibility index (Phi) is 5.50. The summed E-state index contributed by atoms with van der Waals surface area (Å²) >= 11 is 0. The average Bonchev–Trinajstić information content (AvgIpc) is 3.17. The molecule has 152 valence electrons. The van der Waals surface area contributed by atoms with Crippen LogP contribution >= 0.6 is 0 Å². The minimum Gasteiger partial charge on any atom is -0.456 e. The van der Waals surface area contributed by atoms with Crippen molar-refractivity contribution in [2.24, 2.45) is 38.7 Å². The Hall–Kier alpha value is -4.60. The quantitative estimate of drug-likeness (QED) is 0.302. The lowest BCUT2D eigenvalue weighted by atomic mass is 10.0. The van der Waals surface area contributed by atoms with Crippen molar-refractivity contribution in [3.63, 3.8) is 0 Å². The van der Waals surface area contributed by atoms with Gasteiger partial charge in [-0.15, -0.1) is 0 Å². The molecule has 2 aromatic carbocycles. The van der Waals surface area contributed by atoms with Crippen molar-refractivity contribution in [2.45, 2.75) is 0 Å². The summed E-state index contributed by atoms with van der Waals surface area (Å²) in [6.45, 7) is 0. The summed E-state index contributed by atoms with van der Waals surface area (Å²) in [5, 5.41) is 0. The summed E-state index contributed by atoms with van der Waals surface area (Å²) in [7, 11) is 0. The Morgan fingerprint density at radius 2 is 1.27 bits per heavy atom. The molecule has 0 unspecified atom stereocenters. The fourth-order valence-electron chi connectivity index (χ4n) is 2.91. The van der Waals surface area contributed by atoms with Gasteiger partial charge in [0.25, 0.3) is 0 Å². The summed E-state index contributed by atoms with van der Waals surface area (Å²) in [4.78, 5) is 31.7. The van der Waals surface area contributed by atoms with Crippen molar-refractivity contribution >= 4 is 35.5 Å². The molecule has 0 saturated heterocycles. The van der Waals surface area contributed by atoms with Gasteiger partial charge in [-0.1, -0.05) is 0 Å². The molecule has 0 aliphatic heterocycles. The Labute approximate surface area is 171 Å². The van der Waals surface area contributed by atoms with Gasteiger partial charge in [-0.25, -0.2) is 9.98 Å². The van der Waals surface area contributed by atoms with Gasteiger partial charge in [0.15, 0.2) is 5.96 Å². The molecular formula is C20H19N7O3. The minimum absolute atomic E-state index is 0.153. The Morgan fingerprint density at radius 1 is 0.767 bits per heavy atom. The van der Waals surface area contributed by atoms with E-state index in [2.05, 4.69) is 9.98 Å². The van der Waals surface area contributed by atoms with E-state index in [4.69, 9.17) is 33.1 Å². The summed E-state index contributed by atoms with van der Waals surface area (Å²) in [6.07, 6.45) is 1.11. The number of hydrogen-bond acceptors (Lipinski definition) is 5. The smallest absolute Gasteiger partial charge is 0.249 e. The number of carbonyl (C=O) groups excluding carboxylic acids is 2. The second-order valence-corrected chi connectivity index (χ2v) is 6.17. The van der Waals surface area contributed by atoms with Crippen LogP contribution in [0.1, 0.15) is 20.7 Å². The first kappa shape index (κ1) is 20.1. The lowest BCUT2D eigenvalue weighted by Crippen LogP contribution is -2.22. The summed E-state index contributed by atoms with van der Waals surface area (Å²) in [5.74, 6) is -0.769. The van der Waals surface area contributed by atoms with Crippen molar-refractivity contribution in [2.75, 3.05) is 0 Å². The number of guanidine groups is 1. The molecule has 0 spiro atoms. The molecule has 1 aromatic heterocycles. The van der Waals surface area contributed by atoms with E-state index in [9.17, 15) is 9.59 Å². The minimum atomic E-state index is -0.683. The van der Waals surface area contributed by atoms with Crippen molar-refractivity contribution in [1.82, 2.24) is 0 Å². The van der Waals surface area contributed by atoms with Gasteiger partial charge >= 0.3 is 0 Å². The Bertz CT molecular complexity index is 1190. The van der Waals surface area contributed by atoms with E-state index >= 15 is 0 Å². The summed E-state index contributed by atoms with van der Waals surface area (Å²) < 4.78 is 5.89. The second-order valence-electron chi connectivity index (χ2n) is 6.17. The zero-order valence-electron chi connectivity index (χ0n) is 15.7. The van der Waals surface area contributed by atoms with Gasteiger partial charge in [-0.2, -0.15) is 0 Å². The molecule has 0 bridgehead atoms. The topological polar surface area (TPSA) is 202 Å². The van der Waals surface area contributed by atoms with Gasteiger partial charge in [0, 0.05) is 11.1 Å². The third-order valence-electron chi connectivity index (χ3n) is 4.16. The predicted octanol–water partition coefficient (Wildman–Crippen LogP) is 1.33. The number of rotatable bonds is 6. The zero-order valence-corrected chi connectivity index (χ0v) is 15.7. The molecule has 3 aromatic rings. The molecular weight excluding hydrogens is 386 g/mol. The lowest BCUT2D eigenvalue weighted by molar-refractivity contribution is 0.0992. The number of carbonyl (C=O) groups is 2. The number of nitrogens with two attached hydrogens (primary N) is 5. The van der Waals surface area contributed by atoms with E-state index in [1.807, 2.05) is 0 Å². The number of primary amides is 2. The molecule has 2 amide bonds. The zero-order chi connectivity index (χ0) is 21.8.